The molecule has 168 valence electrons. The molecule has 0 saturated carbocycles. The van der Waals surface area contributed by atoms with Crippen LogP contribution < -0.4 is 14.9 Å². The van der Waals surface area contributed by atoms with Gasteiger partial charge < -0.3 is 9.47 Å². The summed E-state index contributed by atoms with van der Waals surface area (Å²) in [6.07, 6.45) is 0.324. The van der Waals surface area contributed by atoms with E-state index in [0.29, 0.717) is 21.9 Å². The second-order valence-electron chi connectivity index (χ2n) is 6.69. The number of hydrogen-bond acceptors (Lipinski definition) is 7. The van der Waals surface area contributed by atoms with Crippen molar-refractivity contribution < 1.29 is 24.0 Å². The van der Waals surface area contributed by atoms with Crippen molar-refractivity contribution in [3.63, 3.8) is 0 Å². The van der Waals surface area contributed by atoms with Crippen molar-refractivity contribution in [2.75, 3.05) is 0 Å². The van der Waals surface area contributed by atoms with Crippen molar-refractivity contribution in [2.24, 2.45) is 5.10 Å². The molecular formula is C23H18ClN3O6. The Morgan fingerprint density at radius 1 is 1.09 bits per heavy atom. The molecule has 0 aliphatic carbocycles. The molecule has 10 heteroatoms. The average molecular weight is 468 g/mol. The molecule has 0 aromatic heterocycles. The van der Waals surface area contributed by atoms with E-state index in [-0.39, 0.29) is 11.4 Å². The van der Waals surface area contributed by atoms with Crippen LogP contribution in [0.5, 0.6) is 11.5 Å². The van der Waals surface area contributed by atoms with Gasteiger partial charge in [-0.25, -0.2) is 10.2 Å². The number of halogens is 1. The van der Waals surface area contributed by atoms with Crippen molar-refractivity contribution in [1.29, 1.82) is 0 Å². The van der Waals surface area contributed by atoms with Crippen LogP contribution in [0, 0.1) is 10.1 Å². The molecule has 0 saturated heterocycles. The maximum atomic E-state index is 12.2. The zero-order valence-electron chi connectivity index (χ0n) is 17.3. The van der Waals surface area contributed by atoms with E-state index in [9.17, 15) is 19.7 Å². The van der Waals surface area contributed by atoms with Crippen molar-refractivity contribution in [3.05, 3.63) is 99.1 Å². The lowest BCUT2D eigenvalue weighted by Gasteiger charge is -2.12. The van der Waals surface area contributed by atoms with Crippen LogP contribution in [0.15, 0.2) is 77.9 Å². The lowest BCUT2D eigenvalue weighted by atomic mass is 10.2. The Morgan fingerprint density at radius 3 is 2.55 bits per heavy atom. The van der Waals surface area contributed by atoms with Gasteiger partial charge in [-0.15, -0.1) is 0 Å². The van der Waals surface area contributed by atoms with Crippen molar-refractivity contribution >= 4 is 35.4 Å². The van der Waals surface area contributed by atoms with Crippen LogP contribution in [0.25, 0.3) is 0 Å². The Balaban J connectivity index is 1.58. The van der Waals surface area contributed by atoms with Crippen LogP contribution >= 0.6 is 11.6 Å². The second kappa shape index (κ2) is 10.9. The van der Waals surface area contributed by atoms with Gasteiger partial charge in [0.1, 0.15) is 5.75 Å². The van der Waals surface area contributed by atoms with Crippen LogP contribution in [-0.2, 0) is 4.79 Å². The van der Waals surface area contributed by atoms with Gasteiger partial charge in [-0.3, -0.25) is 14.9 Å². The lowest BCUT2D eigenvalue weighted by Crippen LogP contribution is -2.33. The fourth-order valence-corrected chi connectivity index (χ4v) is 2.75. The molecule has 3 aromatic carbocycles. The third-order valence-electron chi connectivity index (χ3n) is 4.27. The SMILES string of the molecule is C[C@H](Oc1ccccc1[N+](=O)[O-])C(=O)N/N=C\c1cccc(OC(=O)c2ccc(Cl)cc2)c1. The Hall–Kier alpha value is -4.24. The number of amides is 1. The van der Waals surface area contributed by atoms with Crippen molar-refractivity contribution in [1.82, 2.24) is 5.43 Å². The number of ether oxygens (including phenoxy) is 2. The molecule has 1 N–H and O–H groups in total. The minimum Gasteiger partial charge on any atom is -0.474 e. The predicted molar refractivity (Wildman–Crippen MR) is 122 cm³/mol. The summed E-state index contributed by atoms with van der Waals surface area (Å²) in [5.41, 5.74) is 2.97. The van der Waals surface area contributed by atoms with E-state index >= 15 is 0 Å². The summed E-state index contributed by atoms with van der Waals surface area (Å²) in [5.74, 6) is -0.882. The quantitative estimate of drug-likeness (QED) is 0.172. The van der Waals surface area contributed by atoms with Crippen molar-refractivity contribution in [2.45, 2.75) is 13.0 Å². The summed E-state index contributed by atoms with van der Waals surface area (Å²) in [5, 5.41) is 15.4. The molecular weight excluding hydrogens is 450 g/mol. The van der Waals surface area contributed by atoms with E-state index in [4.69, 9.17) is 21.1 Å². The maximum absolute atomic E-state index is 12.2. The highest BCUT2D eigenvalue weighted by Crippen LogP contribution is 2.26. The molecule has 0 fully saturated rings. The van der Waals surface area contributed by atoms with Gasteiger partial charge in [-0.1, -0.05) is 35.9 Å². The number of nitro benzene ring substituents is 1. The number of hydrazone groups is 1. The maximum Gasteiger partial charge on any atom is 0.343 e. The number of carbonyl (C=O) groups is 2. The summed E-state index contributed by atoms with van der Waals surface area (Å²) in [7, 11) is 0. The van der Waals surface area contributed by atoms with E-state index in [1.54, 1.807) is 54.6 Å². The molecule has 0 bridgehead atoms. The van der Waals surface area contributed by atoms with E-state index in [1.165, 1.54) is 31.3 Å². The van der Waals surface area contributed by atoms with E-state index in [2.05, 4.69) is 10.5 Å². The number of benzene rings is 3. The summed E-state index contributed by atoms with van der Waals surface area (Å²) in [6.45, 7) is 1.44. The molecule has 3 rings (SSSR count). The highest BCUT2D eigenvalue weighted by molar-refractivity contribution is 6.30. The van der Waals surface area contributed by atoms with Crippen LogP contribution in [0.4, 0.5) is 5.69 Å². The highest BCUT2D eigenvalue weighted by Gasteiger charge is 2.20. The van der Waals surface area contributed by atoms with Gasteiger partial charge in [0.15, 0.2) is 11.9 Å². The first kappa shape index (κ1) is 23.4. The molecule has 0 unspecified atom stereocenters. The highest BCUT2D eigenvalue weighted by atomic mass is 35.5. The van der Waals surface area contributed by atoms with Gasteiger partial charge in [0.05, 0.1) is 16.7 Å². The first-order valence-corrected chi connectivity index (χ1v) is 10.0. The summed E-state index contributed by atoms with van der Waals surface area (Å²) < 4.78 is 10.7. The van der Waals surface area contributed by atoms with Gasteiger partial charge in [-0.05, 0) is 55.0 Å². The van der Waals surface area contributed by atoms with Gasteiger partial charge in [0, 0.05) is 11.1 Å². The fourth-order valence-electron chi connectivity index (χ4n) is 2.62. The molecule has 0 aliphatic heterocycles. The Labute approximate surface area is 193 Å². The van der Waals surface area contributed by atoms with Crippen LogP contribution in [0.3, 0.4) is 0 Å². The average Bonchev–Trinajstić information content (AvgIpc) is 2.80. The van der Waals surface area contributed by atoms with E-state index in [1.807, 2.05) is 0 Å². The lowest BCUT2D eigenvalue weighted by molar-refractivity contribution is -0.386. The first-order chi connectivity index (χ1) is 15.8. The van der Waals surface area contributed by atoms with Gasteiger partial charge in [-0.2, -0.15) is 5.10 Å². The molecule has 33 heavy (non-hydrogen) atoms. The summed E-state index contributed by atoms with van der Waals surface area (Å²) in [4.78, 5) is 34.9. The predicted octanol–water partition coefficient (Wildman–Crippen LogP) is 4.39. The number of hydrogen-bond donors (Lipinski definition) is 1. The normalized spacial score (nSPS) is 11.6. The number of nitrogens with zero attached hydrogens (tertiary/aromatic N) is 2. The molecule has 0 heterocycles. The number of esters is 1. The third-order valence-corrected chi connectivity index (χ3v) is 4.52. The van der Waals surface area contributed by atoms with E-state index in [0.717, 1.165) is 0 Å². The second-order valence-corrected chi connectivity index (χ2v) is 7.12. The molecule has 1 atom stereocenters. The van der Waals surface area contributed by atoms with Gasteiger partial charge >= 0.3 is 11.7 Å². The minimum atomic E-state index is -1.03. The first-order valence-electron chi connectivity index (χ1n) is 9.64. The monoisotopic (exact) mass is 467 g/mol. The molecule has 3 aromatic rings. The molecule has 1 amide bonds. The topological polar surface area (TPSA) is 120 Å². The summed E-state index contributed by atoms with van der Waals surface area (Å²) in [6, 6.07) is 18.6. The number of rotatable bonds is 8. The Bertz CT molecular complexity index is 1200. The number of nitrogens with one attached hydrogen (secondary N) is 1. The van der Waals surface area contributed by atoms with E-state index < -0.39 is 22.9 Å². The van der Waals surface area contributed by atoms with Gasteiger partial charge in [0.25, 0.3) is 5.91 Å². The third kappa shape index (κ3) is 6.62. The van der Waals surface area contributed by atoms with Crippen LogP contribution in [-0.4, -0.2) is 29.1 Å². The van der Waals surface area contributed by atoms with Crippen molar-refractivity contribution in [3.8, 4) is 11.5 Å². The number of para-hydroxylation sites is 2. The molecule has 0 spiro atoms. The smallest absolute Gasteiger partial charge is 0.343 e. The Morgan fingerprint density at radius 2 is 1.82 bits per heavy atom. The van der Waals surface area contributed by atoms with Crippen LogP contribution in [0.2, 0.25) is 5.02 Å². The molecule has 0 aliphatic rings. The zero-order valence-corrected chi connectivity index (χ0v) is 18.1. The molecule has 9 nitrogen and oxygen atoms in total. The largest absolute Gasteiger partial charge is 0.474 e. The number of nitro groups is 1. The molecule has 0 radical (unpaired) electrons. The standard InChI is InChI=1S/C23H18ClN3O6/c1-15(32-21-8-3-2-7-20(21)27(30)31)22(28)26-25-14-16-5-4-6-19(13-16)33-23(29)17-9-11-18(24)12-10-17/h2-15H,1H3,(H,26,28)/b25-14-/t15-/m0/s1. The Kier molecular flexibility index (Phi) is 7.72. The zero-order chi connectivity index (χ0) is 23.8. The van der Waals surface area contributed by atoms with Gasteiger partial charge in [0.2, 0.25) is 0 Å². The fraction of sp³-hybridized carbons (Fsp3) is 0.0870. The van der Waals surface area contributed by atoms with Crippen LogP contribution in [0.1, 0.15) is 22.8 Å². The minimum absolute atomic E-state index is 0.0238. The number of carbonyl (C=O) groups excluding carboxylic acids is 2. The summed E-state index contributed by atoms with van der Waals surface area (Å²) >= 11 is 5.82.